The predicted octanol–water partition coefficient (Wildman–Crippen LogP) is 9.45. The van der Waals surface area contributed by atoms with Gasteiger partial charge in [0.1, 0.15) is 40.8 Å². The Balaban J connectivity index is 0.980. The van der Waals surface area contributed by atoms with Crippen LogP contribution in [0.5, 0.6) is 23.0 Å². The minimum atomic E-state index is -0.785. The van der Waals surface area contributed by atoms with Crippen LogP contribution >= 0.6 is 0 Å². The van der Waals surface area contributed by atoms with Gasteiger partial charge in [-0.1, -0.05) is 13.2 Å². The van der Waals surface area contributed by atoms with Crippen molar-refractivity contribution in [1.29, 1.82) is 0 Å². The van der Waals surface area contributed by atoms with Crippen molar-refractivity contribution in [2.75, 3.05) is 33.5 Å². The summed E-state index contributed by atoms with van der Waals surface area (Å²) in [4.78, 5) is 87.3. The molecule has 5 rings (SSSR count). The van der Waals surface area contributed by atoms with E-state index in [9.17, 15) is 33.6 Å². The molecule has 0 saturated heterocycles. The third-order valence-electron chi connectivity index (χ3n) is 12.0. The third kappa shape index (κ3) is 18.2. The number of hydrogen-bond acceptors (Lipinski definition) is 16. The number of rotatable bonds is 27. The largest absolute Gasteiger partial charge is 0.494 e. The first-order valence-corrected chi connectivity index (χ1v) is 24.1. The molecule has 16 nitrogen and oxygen atoms in total. The topological polar surface area (TPSA) is 203 Å². The lowest BCUT2D eigenvalue weighted by molar-refractivity contribution is -0.141. The quantitative estimate of drug-likeness (QED) is 0.0229. The Labute approximate surface area is 408 Å². The van der Waals surface area contributed by atoms with Gasteiger partial charge in [-0.15, -0.1) is 0 Å². The number of esters is 7. The molecule has 0 amide bonds. The summed E-state index contributed by atoms with van der Waals surface area (Å²) >= 11 is 0. The van der Waals surface area contributed by atoms with Crippen LogP contribution in [-0.2, 0) is 42.9 Å². The highest BCUT2D eigenvalue weighted by atomic mass is 16.6. The van der Waals surface area contributed by atoms with Gasteiger partial charge in [-0.25, -0.2) is 24.0 Å². The molecule has 2 aliphatic carbocycles. The fourth-order valence-corrected chi connectivity index (χ4v) is 7.93. The molecule has 3 aromatic carbocycles. The van der Waals surface area contributed by atoms with Crippen molar-refractivity contribution in [2.24, 2.45) is 11.8 Å². The summed E-state index contributed by atoms with van der Waals surface area (Å²) in [5, 5.41) is 0. The van der Waals surface area contributed by atoms with E-state index in [0.29, 0.717) is 100 Å². The van der Waals surface area contributed by atoms with E-state index >= 15 is 0 Å². The number of unbranched alkanes of at least 4 members (excludes halogenated alkanes) is 6. The van der Waals surface area contributed by atoms with E-state index in [0.717, 1.165) is 63.5 Å². The first kappa shape index (κ1) is 54.0. The van der Waals surface area contributed by atoms with Crippen LogP contribution in [0.2, 0.25) is 0 Å². The Morgan fingerprint density at radius 3 is 1.30 bits per heavy atom. The summed E-state index contributed by atoms with van der Waals surface area (Å²) < 4.78 is 49.3. The Bertz CT molecular complexity index is 2220. The lowest BCUT2D eigenvalue weighted by Gasteiger charge is -2.27. The van der Waals surface area contributed by atoms with Gasteiger partial charge in [0.15, 0.2) is 0 Å². The fraction of sp³-hybridized carbons (Fsp3) is 0.463. The van der Waals surface area contributed by atoms with Crippen LogP contribution in [-0.4, -0.2) is 87.5 Å². The van der Waals surface area contributed by atoms with Crippen LogP contribution < -0.4 is 18.9 Å². The van der Waals surface area contributed by atoms with Gasteiger partial charge in [-0.3, -0.25) is 9.59 Å². The van der Waals surface area contributed by atoms with Gasteiger partial charge in [0.2, 0.25) is 0 Å². The van der Waals surface area contributed by atoms with Gasteiger partial charge >= 0.3 is 41.8 Å². The predicted molar refractivity (Wildman–Crippen MR) is 254 cm³/mol. The summed E-state index contributed by atoms with van der Waals surface area (Å²) in [6, 6.07) is 17.6. The zero-order chi connectivity index (χ0) is 50.1. The van der Waals surface area contributed by atoms with E-state index < -0.39 is 53.6 Å². The lowest BCUT2D eigenvalue weighted by Crippen LogP contribution is -2.30. The molecule has 3 aromatic rings. The van der Waals surface area contributed by atoms with Crippen LogP contribution in [0, 0.1) is 11.8 Å². The van der Waals surface area contributed by atoms with Gasteiger partial charge in [0.25, 0.3) is 0 Å². The highest BCUT2D eigenvalue weighted by Crippen LogP contribution is 2.33. The van der Waals surface area contributed by atoms with E-state index in [4.69, 9.17) is 42.6 Å². The van der Waals surface area contributed by atoms with Crippen molar-refractivity contribution in [2.45, 2.75) is 115 Å². The smallest absolute Gasteiger partial charge is 0.341 e. The summed E-state index contributed by atoms with van der Waals surface area (Å²) in [6.45, 7) is 8.50. The molecular weight excluding hydrogens is 905 g/mol. The number of carbonyl (C=O) groups excluding carboxylic acids is 7. The summed E-state index contributed by atoms with van der Waals surface area (Å²) in [6.07, 6.45) is 11.9. The normalized spacial score (nSPS) is 17.4. The molecule has 0 radical (unpaired) electrons. The summed E-state index contributed by atoms with van der Waals surface area (Å²) in [5.41, 5.74) is 0.680. The Morgan fingerprint density at radius 1 is 0.486 bits per heavy atom. The summed E-state index contributed by atoms with van der Waals surface area (Å²) in [5.74, 6) is -3.27. The molecule has 70 heavy (non-hydrogen) atoms. The molecule has 2 aliphatic rings. The molecule has 376 valence electrons. The second-order valence-electron chi connectivity index (χ2n) is 17.1. The molecule has 0 aliphatic heterocycles. The minimum absolute atomic E-state index is 0.0418. The van der Waals surface area contributed by atoms with Crippen LogP contribution in [0.15, 0.2) is 92.0 Å². The average Bonchev–Trinajstić information content (AvgIpc) is 3.38. The minimum Gasteiger partial charge on any atom is -0.494 e. The Kier molecular flexibility index (Phi) is 22.5. The first-order chi connectivity index (χ1) is 34.0. The SMILES string of the molecule is C=CC(=O)OCCCCCCOc1ccc(C(=O)OC2CCC(C(=O)Oc3ccc(OC(=O)C4CCC(OC(=O)c5ccc(OCCCCCCOC(=O)C=C)cc5)CC4)c(C(=O)OC)c3)CC2)cc1. The van der Waals surface area contributed by atoms with Gasteiger partial charge < -0.3 is 42.6 Å². The average molecular weight is 969 g/mol. The van der Waals surface area contributed by atoms with Crippen molar-refractivity contribution >= 4 is 41.8 Å². The Morgan fingerprint density at radius 2 is 0.886 bits per heavy atom. The molecule has 0 spiro atoms. The van der Waals surface area contributed by atoms with Crippen LogP contribution in [0.3, 0.4) is 0 Å². The fourth-order valence-electron chi connectivity index (χ4n) is 7.93. The number of methoxy groups -OCH3 is 1. The molecule has 0 heterocycles. The van der Waals surface area contributed by atoms with E-state index in [-0.39, 0.29) is 29.3 Å². The standard InChI is InChI=1S/C54H64O16/c1-4-48(55)65-34-12-8-6-10-32-63-41-22-14-37(15-23-41)50(57)67-43-26-18-39(19-27-43)52(59)69-45-30-31-47(46(36-45)54(61)62-3)70-53(60)40-20-28-44(29-21-40)68-51(58)38-16-24-42(25-17-38)64-33-11-7-9-13-35-66-49(56)5-2/h4-5,14-17,22-25,30-31,36,39-40,43-44H,1-2,6-13,18-21,26-29,32-35H2,3H3. The molecular formula is C54H64O16. The molecule has 0 N–H and O–H groups in total. The van der Waals surface area contributed by atoms with Crippen molar-refractivity contribution in [3.63, 3.8) is 0 Å². The monoisotopic (exact) mass is 968 g/mol. The van der Waals surface area contributed by atoms with Crippen molar-refractivity contribution in [1.82, 2.24) is 0 Å². The zero-order valence-corrected chi connectivity index (χ0v) is 39.9. The van der Waals surface area contributed by atoms with Gasteiger partial charge in [0, 0.05) is 12.2 Å². The lowest BCUT2D eigenvalue weighted by atomic mass is 9.87. The van der Waals surface area contributed by atoms with Crippen LogP contribution in [0.25, 0.3) is 0 Å². The molecule has 0 aromatic heterocycles. The molecule has 0 bridgehead atoms. The maximum atomic E-state index is 13.3. The number of benzene rings is 3. The third-order valence-corrected chi connectivity index (χ3v) is 12.0. The van der Waals surface area contributed by atoms with E-state index in [1.165, 1.54) is 25.3 Å². The van der Waals surface area contributed by atoms with Crippen molar-refractivity contribution < 1.29 is 76.2 Å². The summed E-state index contributed by atoms with van der Waals surface area (Å²) in [7, 11) is 1.19. The van der Waals surface area contributed by atoms with E-state index in [2.05, 4.69) is 13.2 Å². The number of ether oxygens (including phenoxy) is 9. The maximum Gasteiger partial charge on any atom is 0.341 e. The van der Waals surface area contributed by atoms with Crippen molar-refractivity contribution in [3.05, 3.63) is 109 Å². The molecule has 2 saturated carbocycles. The van der Waals surface area contributed by atoms with Gasteiger partial charge in [-0.05, 0) is 169 Å². The van der Waals surface area contributed by atoms with Gasteiger partial charge in [-0.2, -0.15) is 0 Å². The first-order valence-electron chi connectivity index (χ1n) is 24.1. The highest BCUT2D eigenvalue weighted by molar-refractivity contribution is 5.94. The van der Waals surface area contributed by atoms with Gasteiger partial charge in [0.05, 0.1) is 56.5 Å². The van der Waals surface area contributed by atoms with Crippen LogP contribution in [0.4, 0.5) is 0 Å². The number of carbonyl (C=O) groups is 7. The molecule has 0 unspecified atom stereocenters. The Hall–Kier alpha value is -6.97. The van der Waals surface area contributed by atoms with E-state index in [1.807, 2.05) is 0 Å². The molecule has 0 atom stereocenters. The highest BCUT2D eigenvalue weighted by Gasteiger charge is 2.32. The van der Waals surface area contributed by atoms with Crippen LogP contribution in [0.1, 0.15) is 134 Å². The zero-order valence-electron chi connectivity index (χ0n) is 39.9. The van der Waals surface area contributed by atoms with Crippen molar-refractivity contribution in [3.8, 4) is 23.0 Å². The second kappa shape index (κ2) is 29.1. The number of hydrogen-bond donors (Lipinski definition) is 0. The van der Waals surface area contributed by atoms with E-state index in [1.54, 1.807) is 48.5 Å². The molecule has 16 heteroatoms. The second-order valence-corrected chi connectivity index (χ2v) is 17.1. The molecule has 2 fully saturated rings. The maximum absolute atomic E-state index is 13.3.